The van der Waals surface area contributed by atoms with Crippen molar-refractivity contribution in [2.75, 3.05) is 20.2 Å². The van der Waals surface area contributed by atoms with E-state index >= 15 is 0 Å². The summed E-state index contributed by atoms with van der Waals surface area (Å²) in [6.07, 6.45) is -0.612. The SMILES string of the molecule is COc1cc(F)c(F)cc1C(C)(CN)CNC(=O)OC(C)(C)C. The van der Waals surface area contributed by atoms with Gasteiger partial charge < -0.3 is 20.5 Å². The largest absolute Gasteiger partial charge is 0.496 e. The fourth-order valence-corrected chi connectivity index (χ4v) is 2.03. The molecule has 23 heavy (non-hydrogen) atoms. The third kappa shape index (κ3) is 5.06. The second-order valence-corrected chi connectivity index (χ2v) is 6.59. The fraction of sp³-hybridized carbons (Fsp3) is 0.562. The second kappa shape index (κ2) is 7.12. The van der Waals surface area contributed by atoms with Crippen molar-refractivity contribution in [3.05, 3.63) is 29.3 Å². The van der Waals surface area contributed by atoms with Gasteiger partial charge >= 0.3 is 6.09 Å². The summed E-state index contributed by atoms with van der Waals surface area (Å²) in [5.41, 5.74) is 4.69. The van der Waals surface area contributed by atoms with Crippen molar-refractivity contribution in [3.63, 3.8) is 0 Å². The van der Waals surface area contributed by atoms with Gasteiger partial charge in [0.05, 0.1) is 7.11 Å². The first-order chi connectivity index (χ1) is 10.5. The number of amides is 1. The van der Waals surface area contributed by atoms with Crippen molar-refractivity contribution in [3.8, 4) is 5.75 Å². The highest BCUT2D eigenvalue weighted by Crippen LogP contribution is 2.32. The second-order valence-electron chi connectivity index (χ2n) is 6.59. The molecule has 1 aromatic rings. The molecule has 1 atom stereocenters. The van der Waals surface area contributed by atoms with Crippen molar-refractivity contribution in [2.24, 2.45) is 5.73 Å². The first-order valence-corrected chi connectivity index (χ1v) is 7.23. The molecule has 0 radical (unpaired) electrons. The van der Waals surface area contributed by atoms with Crippen LogP contribution in [0.4, 0.5) is 13.6 Å². The molecule has 0 aliphatic carbocycles. The van der Waals surface area contributed by atoms with Crippen molar-refractivity contribution in [2.45, 2.75) is 38.7 Å². The molecule has 3 N–H and O–H groups in total. The number of hydrogen-bond acceptors (Lipinski definition) is 4. The first-order valence-electron chi connectivity index (χ1n) is 7.23. The number of ether oxygens (including phenoxy) is 2. The summed E-state index contributed by atoms with van der Waals surface area (Å²) in [4.78, 5) is 11.8. The monoisotopic (exact) mass is 330 g/mol. The van der Waals surface area contributed by atoms with E-state index in [0.29, 0.717) is 5.56 Å². The van der Waals surface area contributed by atoms with E-state index in [1.54, 1.807) is 27.7 Å². The number of nitrogens with one attached hydrogen (secondary N) is 1. The lowest BCUT2D eigenvalue weighted by molar-refractivity contribution is 0.0516. The molecular weight excluding hydrogens is 306 g/mol. The van der Waals surface area contributed by atoms with Gasteiger partial charge in [-0.25, -0.2) is 13.6 Å². The molecule has 1 unspecified atom stereocenters. The van der Waals surface area contributed by atoms with Crippen LogP contribution >= 0.6 is 0 Å². The van der Waals surface area contributed by atoms with Gasteiger partial charge in [0.15, 0.2) is 11.6 Å². The standard InChI is InChI=1S/C16H24F2N2O3/c1-15(2,3)23-14(21)20-9-16(4,8-19)10-6-11(17)12(18)7-13(10)22-5/h6-7H,8-9,19H2,1-5H3,(H,20,21). The molecule has 0 spiro atoms. The molecule has 1 amide bonds. The molecule has 0 saturated heterocycles. The number of benzene rings is 1. The molecule has 7 heteroatoms. The van der Waals surface area contributed by atoms with Crippen LogP contribution in [-0.2, 0) is 10.2 Å². The van der Waals surface area contributed by atoms with Gasteiger partial charge in [0.2, 0.25) is 0 Å². The molecule has 1 rings (SSSR count). The highest BCUT2D eigenvalue weighted by atomic mass is 19.2. The number of halogens is 2. The van der Waals surface area contributed by atoms with Gasteiger partial charge in [-0.2, -0.15) is 0 Å². The maximum absolute atomic E-state index is 13.6. The molecule has 0 heterocycles. The number of alkyl carbamates (subject to hydrolysis) is 1. The zero-order chi connectivity index (χ0) is 17.8. The zero-order valence-corrected chi connectivity index (χ0v) is 14.1. The molecule has 1 aromatic carbocycles. The minimum Gasteiger partial charge on any atom is -0.496 e. The molecule has 0 saturated carbocycles. The van der Waals surface area contributed by atoms with E-state index in [4.69, 9.17) is 15.2 Å². The van der Waals surface area contributed by atoms with Gasteiger partial charge in [-0.15, -0.1) is 0 Å². The molecule has 0 fully saturated rings. The Bertz CT molecular complexity index is 573. The molecule has 0 aliphatic heterocycles. The smallest absolute Gasteiger partial charge is 0.407 e. The van der Waals surface area contributed by atoms with Crippen LogP contribution in [0.2, 0.25) is 0 Å². The average Bonchev–Trinajstić information content (AvgIpc) is 2.45. The zero-order valence-electron chi connectivity index (χ0n) is 14.1. The van der Waals surface area contributed by atoms with Crippen LogP contribution in [0, 0.1) is 11.6 Å². The minimum absolute atomic E-state index is 0.0832. The summed E-state index contributed by atoms with van der Waals surface area (Å²) < 4.78 is 37.2. The predicted octanol–water partition coefficient (Wildman–Crippen LogP) is 2.71. The molecule has 0 bridgehead atoms. The van der Waals surface area contributed by atoms with Crippen LogP contribution in [0.25, 0.3) is 0 Å². The van der Waals surface area contributed by atoms with Crippen molar-refractivity contribution in [1.82, 2.24) is 5.32 Å². The molecular formula is C16H24F2N2O3. The number of nitrogens with two attached hydrogens (primary N) is 1. The van der Waals surface area contributed by atoms with E-state index in [1.165, 1.54) is 7.11 Å². The summed E-state index contributed by atoms with van der Waals surface area (Å²) >= 11 is 0. The summed E-state index contributed by atoms with van der Waals surface area (Å²) in [6.45, 7) is 7.12. The fourth-order valence-electron chi connectivity index (χ4n) is 2.03. The summed E-state index contributed by atoms with van der Waals surface area (Å²) in [5, 5.41) is 2.60. The normalized spacial score (nSPS) is 14.1. The number of hydrogen-bond donors (Lipinski definition) is 2. The molecule has 0 aliphatic rings. The molecule has 130 valence electrons. The van der Waals surface area contributed by atoms with Crippen molar-refractivity contribution < 1.29 is 23.0 Å². The van der Waals surface area contributed by atoms with E-state index in [1.807, 2.05) is 0 Å². The van der Waals surface area contributed by atoms with Crippen LogP contribution in [0.5, 0.6) is 5.75 Å². The quantitative estimate of drug-likeness (QED) is 0.870. The maximum Gasteiger partial charge on any atom is 0.407 e. The lowest BCUT2D eigenvalue weighted by Gasteiger charge is -2.31. The summed E-state index contributed by atoms with van der Waals surface area (Å²) in [6, 6.07) is 2.00. The van der Waals surface area contributed by atoms with Gasteiger partial charge in [-0.3, -0.25) is 0 Å². The van der Waals surface area contributed by atoms with Gasteiger partial charge in [0.25, 0.3) is 0 Å². The topological polar surface area (TPSA) is 73.6 Å². The first kappa shape index (κ1) is 19.2. The lowest BCUT2D eigenvalue weighted by Crippen LogP contribution is -2.45. The van der Waals surface area contributed by atoms with Gasteiger partial charge in [-0.1, -0.05) is 6.92 Å². The van der Waals surface area contributed by atoms with Crippen LogP contribution in [0.3, 0.4) is 0 Å². The van der Waals surface area contributed by atoms with Crippen LogP contribution in [0.1, 0.15) is 33.3 Å². The van der Waals surface area contributed by atoms with Crippen molar-refractivity contribution >= 4 is 6.09 Å². The number of carbonyl (C=O) groups is 1. The van der Waals surface area contributed by atoms with E-state index in [9.17, 15) is 13.6 Å². The Morgan fingerprint density at radius 2 is 1.78 bits per heavy atom. The van der Waals surface area contributed by atoms with E-state index in [-0.39, 0.29) is 18.8 Å². The highest BCUT2D eigenvalue weighted by molar-refractivity contribution is 5.68. The van der Waals surface area contributed by atoms with Crippen LogP contribution < -0.4 is 15.8 Å². The lowest BCUT2D eigenvalue weighted by atomic mass is 9.81. The number of rotatable bonds is 5. The Morgan fingerprint density at radius 3 is 2.26 bits per heavy atom. The third-order valence-corrected chi connectivity index (χ3v) is 3.36. The maximum atomic E-state index is 13.6. The predicted molar refractivity (Wildman–Crippen MR) is 83.6 cm³/mol. The van der Waals surface area contributed by atoms with E-state index in [2.05, 4.69) is 5.32 Å². The van der Waals surface area contributed by atoms with Gasteiger partial charge in [0, 0.05) is 30.1 Å². The van der Waals surface area contributed by atoms with Gasteiger partial charge in [0.1, 0.15) is 11.4 Å². The Morgan fingerprint density at radius 1 is 1.22 bits per heavy atom. The summed E-state index contributed by atoms with van der Waals surface area (Å²) in [7, 11) is 1.36. The average molecular weight is 330 g/mol. The Balaban J connectivity index is 3.01. The Hall–Kier alpha value is -1.89. The van der Waals surface area contributed by atoms with Crippen LogP contribution in [-0.4, -0.2) is 31.9 Å². The third-order valence-electron chi connectivity index (χ3n) is 3.36. The van der Waals surface area contributed by atoms with Crippen LogP contribution in [0.15, 0.2) is 12.1 Å². The molecule has 5 nitrogen and oxygen atoms in total. The summed E-state index contributed by atoms with van der Waals surface area (Å²) in [5.74, 6) is -1.84. The number of carbonyl (C=O) groups excluding carboxylic acids is 1. The van der Waals surface area contributed by atoms with E-state index in [0.717, 1.165) is 12.1 Å². The van der Waals surface area contributed by atoms with Crippen molar-refractivity contribution in [1.29, 1.82) is 0 Å². The number of methoxy groups -OCH3 is 1. The molecule has 0 aromatic heterocycles. The highest BCUT2D eigenvalue weighted by Gasteiger charge is 2.31. The van der Waals surface area contributed by atoms with E-state index < -0.39 is 28.7 Å². The Labute approximate surface area is 135 Å². The Kier molecular flexibility index (Phi) is 5.93. The van der Waals surface area contributed by atoms with Gasteiger partial charge in [-0.05, 0) is 26.8 Å². The minimum atomic E-state index is -1.01.